The van der Waals surface area contributed by atoms with E-state index in [1.165, 1.54) is 17.1 Å². The lowest BCUT2D eigenvalue weighted by molar-refractivity contribution is 0.314. The van der Waals surface area contributed by atoms with E-state index in [2.05, 4.69) is 41.2 Å². The number of rotatable bonds is 9. The molecule has 0 aliphatic rings. The molecule has 0 aliphatic heterocycles. The Labute approximate surface area is 123 Å². The van der Waals surface area contributed by atoms with Crippen LogP contribution < -0.4 is 10.1 Å². The van der Waals surface area contributed by atoms with Crippen molar-refractivity contribution in [2.45, 2.75) is 26.8 Å². The van der Waals surface area contributed by atoms with Crippen LogP contribution >= 0.6 is 27.7 Å². The van der Waals surface area contributed by atoms with Gasteiger partial charge >= 0.3 is 0 Å². The monoisotopic (exact) mass is 331 g/mol. The first kappa shape index (κ1) is 15.9. The minimum absolute atomic E-state index is 0.799. The third-order valence-electron chi connectivity index (χ3n) is 2.48. The summed E-state index contributed by atoms with van der Waals surface area (Å²) in [7, 11) is 0. The highest BCUT2D eigenvalue weighted by Crippen LogP contribution is 2.23. The molecule has 1 N–H and O–H groups in total. The number of ether oxygens (including phenoxy) is 1. The average molecular weight is 332 g/mol. The fourth-order valence-corrected chi connectivity index (χ4v) is 2.59. The zero-order chi connectivity index (χ0) is 13.2. The van der Waals surface area contributed by atoms with Gasteiger partial charge in [-0.15, -0.1) is 0 Å². The van der Waals surface area contributed by atoms with Crippen LogP contribution in [0.5, 0.6) is 5.75 Å². The maximum atomic E-state index is 5.86. The molecular weight excluding hydrogens is 310 g/mol. The van der Waals surface area contributed by atoms with Gasteiger partial charge in [0.2, 0.25) is 0 Å². The van der Waals surface area contributed by atoms with Gasteiger partial charge in [0.15, 0.2) is 0 Å². The molecule has 0 heterocycles. The second-order valence-electron chi connectivity index (χ2n) is 3.93. The van der Waals surface area contributed by atoms with Gasteiger partial charge in [-0.2, -0.15) is 11.8 Å². The normalized spacial score (nSPS) is 10.6. The van der Waals surface area contributed by atoms with Crippen molar-refractivity contribution in [3.63, 3.8) is 0 Å². The summed E-state index contributed by atoms with van der Waals surface area (Å²) in [6.45, 7) is 6.93. The molecule has 0 aromatic heterocycles. The predicted octanol–water partition coefficient (Wildman–Crippen LogP) is 4.08. The number of hydrogen-bond acceptors (Lipinski definition) is 3. The van der Waals surface area contributed by atoms with Crippen molar-refractivity contribution >= 4 is 27.7 Å². The molecule has 0 amide bonds. The third-order valence-corrected chi connectivity index (χ3v) is 3.96. The first-order chi connectivity index (χ1) is 8.77. The van der Waals surface area contributed by atoms with E-state index in [1.54, 1.807) is 0 Å². The van der Waals surface area contributed by atoms with E-state index in [-0.39, 0.29) is 0 Å². The summed E-state index contributed by atoms with van der Waals surface area (Å²) in [6.07, 6.45) is 1.11. The van der Waals surface area contributed by atoms with Gasteiger partial charge in [-0.1, -0.05) is 29.8 Å². The van der Waals surface area contributed by atoms with Crippen LogP contribution in [0.2, 0.25) is 0 Å². The number of nitrogens with one attached hydrogen (secondary N) is 1. The Morgan fingerprint density at radius 1 is 1.33 bits per heavy atom. The molecule has 1 aromatic rings. The maximum absolute atomic E-state index is 5.86. The van der Waals surface area contributed by atoms with Crippen molar-refractivity contribution in [3.05, 3.63) is 28.2 Å². The zero-order valence-corrected chi connectivity index (χ0v) is 13.6. The topological polar surface area (TPSA) is 21.3 Å². The van der Waals surface area contributed by atoms with Crippen LogP contribution in [0.3, 0.4) is 0 Å². The van der Waals surface area contributed by atoms with Crippen LogP contribution in [0, 0.1) is 0 Å². The van der Waals surface area contributed by atoms with Crippen molar-refractivity contribution in [1.82, 2.24) is 5.32 Å². The molecule has 0 spiro atoms. The van der Waals surface area contributed by atoms with Crippen LogP contribution in [0.25, 0.3) is 0 Å². The maximum Gasteiger partial charge on any atom is 0.123 e. The van der Waals surface area contributed by atoms with E-state index in [9.17, 15) is 0 Å². The highest BCUT2D eigenvalue weighted by Gasteiger charge is 2.04. The number of hydrogen-bond donors (Lipinski definition) is 1. The van der Waals surface area contributed by atoms with Crippen molar-refractivity contribution in [3.8, 4) is 5.75 Å². The molecule has 4 heteroatoms. The van der Waals surface area contributed by atoms with Gasteiger partial charge in [0, 0.05) is 16.6 Å². The van der Waals surface area contributed by atoms with Crippen molar-refractivity contribution in [2.24, 2.45) is 0 Å². The predicted molar refractivity (Wildman–Crippen MR) is 84.6 cm³/mol. The fourth-order valence-electron chi connectivity index (χ4n) is 1.57. The molecule has 0 saturated carbocycles. The summed E-state index contributed by atoms with van der Waals surface area (Å²) in [5.41, 5.74) is 1.22. The van der Waals surface area contributed by atoms with E-state index in [0.29, 0.717) is 0 Å². The lowest BCUT2D eigenvalue weighted by Gasteiger charge is -2.12. The third kappa shape index (κ3) is 6.12. The standard InChI is InChI=1S/C14H22BrNOS/c1-3-16-11-12-10-13(15)6-7-14(12)17-8-5-9-18-4-2/h6-7,10,16H,3-5,8-9,11H2,1-2H3. The van der Waals surface area contributed by atoms with Crippen molar-refractivity contribution in [2.75, 3.05) is 24.7 Å². The lowest BCUT2D eigenvalue weighted by Crippen LogP contribution is -2.13. The zero-order valence-electron chi connectivity index (χ0n) is 11.2. The molecule has 0 atom stereocenters. The largest absolute Gasteiger partial charge is 0.493 e. The molecular formula is C14H22BrNOS. The van der Waals surface area contributed by atoms with Crippen LogP contribution in [0.4, 0.5) is 0 Å². The van der Waals surface area contributed by atoms with E-state index in [1.807, 2.05) is 23.9 Å². The Morgan fingerprint density at radius 3 is 2.89 bits per heavy atom. The van der Waals surface area contributed by atoms with Crippen LogP contribution in [0.15, 0.2) is 22.7 Å². The van der Waals surface area contributed by atoms with E-state index < -0.39 is 0 Å². The summed E-state index contributed by atoms with van der Waals surface area (Å²) in [5, 5.41) is 3.34. The van der Waals surface area contributed by atoms with E-state index >= 15 is 0 Å². The Bertz CT molecular complexity index is 347. The molecule has 0 fully saturated rings. The molecule has 102 valence electrons. The van der Waals surface area contributed by atoms with E-state index in [4.69, 9.17) is 4.74 Å². The molecule has 2 nitrogen and oxygen atoms in total. The molecule has 0 unspecified atom stereocenters. The summed E-state index contributed by atoms with van der Waals surface area (Å²) in [6, 6.07) is 6.20. The Balaban J connectivity index is 2.47. The first-order valence-corrected chi connectivity index (χ1v) is 8.42. The number of halogens is 1. The highest BCUT2D eigenvalue weighted by molar-refractivity contribution is 9.10. The van der Waals surface area contributed by atoms with Gasteiger partial charge in [-0.25, -0.2) is 0 Å². The lowest BCUT2D eigenvalue weighted by atomic mass is 10.2. The molecule has 0 saturated heterocycles. The van der Waals surface area contributed by atoms with Gasteiger partial charge in [-0.3, -0.25) is 0 Å². The highest BCUT2D eigenvalue weighted by atomic mass is 79.9. The van der Waals surface area contributed by atoms with Gasteiger partial charge in [0.05, 0.1) is 6.61 Å². The molecule has 0 bridgehead atoms. The number of benzene rings is 1. The Hall–Kier alpha value is -0.190. The minimum Gasteiger partial charge on any atom is -0.493 e. The second kappa shape index (κ2) is 9.70. The van der Waals surface area contributed by atoms with Gasteiger partial charge in [-0.05, 0) is 42.7 Å². The van der Waals surface area contributed by atoms with Gasteiger partial charge < -0.3 is 10.1 Å². The summed E-state index contributed by atoms with van der Waals surface area (Å²) in [4.78, 5) is 0. The summed E-state index contributed by atoms with van der Waals surface area (Å²) < 4.78 is 6.96. The molecule has 1 rings (SSSR count). The van der Waals surface area contributed by atoms with Crippen LogP contribution in [0.1, 0.15) is 25.8 Å². The van der Waals surface area contributed by atoms with Gasteiger partial charge in [0.25, 0.3) is 0 Å². The van der Waals surface area contributed by atoms with Crippen molar-refractivity contribution < 1.29 is 4.74 Å². The Morgan fingerprint density at radius 2 is 2.17 bits per heavy atom. The molecule has 0 radical (unpaired) electrons. The van der Waals surface area contributed by atoms with Gasteiger partial charge in [0.1, 0.15) is 5.75 Å². The number of thioether (sulfide) groups is 1. The van der Waals surface area contributed by atoms with Crippen molar-refractivity contribution in [1.29, 1.82) is 0 Å². The molecule has 18 heavy (non-hydrogen) atoms. The molecule has 0 aliphatic carbocycles. The van der Waals surface area contributed by atoms with Crippen LogP contribution in [-0.4, -0.2) is 24.7 Å². The molecule has 1 aromatic carbocycles. The van der Waals surface area contributed by atoms with Crippen LogP contribution in [-0.2, 0) is 6.54 Å². The fraction of sp³-hybridized carbons (Fsp3) is 0.571. The average Bonchev–Trinajstić information content (AvgIpc) is 2.38. The SMILES string of the molecule is CCNCc1cc(Br)ccc1OCCCSCC. The second-order valence-corrected chi connectivity index (χ2v) is 6.24. The summed E-state index contributed by atoms with van der Waals surface area (Å²) >= 11 is 5.47. The van der Waals surface area contributed by atoms with E-state index in [0.717, 1.165) is 36.3 Å². The Kier molecular flexibility index (Phi) is 8.55. The minimum atomic E-state index is 0.799. The first-order valence-electron chi connectivity index (χ1n) is 6.47. The quantitative estimate of drug-likeness (QED) is 0.689. The summed E-state index contributed by atoms with van der Waals surface area (Å²) in [5.74, 6) is 3.36. The smallest absolute Gasteiger partial charge is 0.123 e.